The molecule has 1 N–H and O–H groups in total. The van der Waals surface area contributed by atoms with Crippen molar-refractivity contribution in [3.63, 3.8) is 0 Å². The molecule has 3 aromatic rings. The summed E-state index contributed by atoms with van der Waals surface area (Å²) < 4.78 is 7.09. The second kappa shape index (κ2) is 7.19. The molecular formula is C18H16ClN3O2. The fourth-order valence-corrected chi connectivity index (χ4v) is 2.62. The van der Waals surface area contributed by atoms with Crippen LogP contribution in [0, 0.1) is 0 Å². The number of benzene rings is 1. The van der Waals surface area contributed by atoms with Crippen LogP contribution in [0.15, 0.2) is 54.7 Å². The van der Waals surface area contributed by atoms with E-state index in [1.807, 2.05) is 53.1 Å². The number of halogens is 1. The van der Waals surface area contributed by atoms with Crippen molar-refractivity contribution in [2.24, 2.45) is 0 Å². The number of rotatable bonds is 5. The Kier molecular flexibility index (Phi) is 4.82. The topological polar surface area (TPSA) is 55.6 Å². The van der Waals surface area contributed by atoms with Crippen molar-refractivity contribution in [2.75, 3.05) is 7.11 Å². The smallest absolute Gasteiger partial charge is 0.244 e. The van der Waals surface area contributed by atoms with E-state index in [-0.39, 0.29) is 5.91 Å². The van der Waals surface area contributed by atoms with E-state index < -0.39 is 0 Å². The summed E-state index contributed by atoms with van der Waals surface area (Å²) in [5.74, 6) is 0.523. The van der Waals surface area contributed by atoms with Gasteiger partial charge in [0.15, 0.2) is 5.15 Å². The van der Waals surface area contributed by atoms with Crippen molar-refractivity contribution in [3.05, 3.63) is 71.1 Å². The first-order valence-electron chi connectivity index (χ1n) is 7.39. The fourth-order valence-electron chi connectivity index (χ4n) is 2.38. The summed E-state index contributed by atoms with van der Waals surface area (Å²) in [6.07, 6.45) is 4.94. The molecule has 0 saturated heterocycles. The van der Waals surface area contributed by atoms with Crippen molar-refractivity contribution in [1.82, 2.24) is 14.7 Å². The number of pyridine rings is 1. The third kappa shape index (κ3) is 3.41. The van der Waals surface area contributed by atoms with Crippen molar-refractivity contribution < 1.29 is 9.53 Å². The number of aromatic nitrogens is 2. The molecule has 0 saturated carbocycles. The molecule has 0 aliphatic rings. The number of carbonyl (C=O) groups is 1. The maximum absolute atomic E-state index is 12.0. The number of hydrogen-bond acceptors (Lipinski definition) is 3. The average molecular weight is 342 g/mol. The Hall–Kier alpha value is -2.79. The first-order chi connectivity index (χ1) is 11.7. The first-order valence-corrected chi connectivity index (χ1v) is 7.77. The Labute approximate surface area is 144 Å². The molecule has 5 nitrogen and oxygen atoms in total. The monoisotopic (exact) mass is 341 g/mol. The first kappa shape index (κ1) is 16.1. The standard InChI is InChI=1S/C18H16ClN3O2/c1-24-15-7-3-2-6-13(15)12-20-17(23)10-9-14-18(19)21-16-8-4-5-11-22(14)16/h2-11H,12H2,1H3,(H,20,23). The van der Waals surface area contributed by atoms with Crippen molar-refractivity contribution in [1.29, 1.82) is 0 Å². The van der Waals surface area contributed by atoms with Gasteiger partial charge < -0.3 is 10.1 Å². The van der Waals surface area contributed by atoms with Gasteiger partial charge in [0.05, 0.1) is 12.8 Å². The highest BCUT2D eigenvalue weighted by atomic mass is 35.5. The van der Waals surface area contributed by atoms with Gasteiger partial charge in [-0.3, -0.25) is 9.20 Å². The van der Waals surface area contributed by atoms with E-state index in [2.05, 4.69) is 10.3 Å². The molecule has 0 aliphatic carbocycles. The normalized spacial score (nSPS) is 11.1. The lowest BCUT2D eigenvalue weighted by Crippen LogP contribution is -2.20. The molecular weight excluding hydrogens is 326 g/mol. The molecule has 6 heteroatoms. The molecule has 1 aromatic carbocycles. The zero-order valence-electron chi connectivity index (χ0n) is 13.1. The highest BCUT2D eigenvalue weighted by Crippen LogP contribution is 2.19. The molecule has 24 heavy (non-hydrogen) atoms. The van der Waals surface area contributed by atoms with E-state index in [1.165, 1.54) is 6.08 Å². The lowest BCUT2D eigenvalue weighted by atomic mass is 10.2. The fraction of sp³-hybridized carbons (Fsp3) is 0.111. The van der Waals surface area contributed by atoms with Crippen LogP contribution in [0.4, 0.5) is 0 Å². The summed E-state index contributed by atoms with van der Waals surface area (Å²) in [5, 5.41) is 3.18. The molecule has 1 amide bonds. The van der Waals surface area contributed by atoms with Gasteiger partial charge in [0.25, 0.3) is 0 Å². The zero-order chi connectivity index (χ0) is 16.9. The Balaban J connectivity index is 1.70. The summed E-state index contributed by atoms with van der Waals surface area (Å²) in [7, 11) is 1.60. The third-order valence-corrected chi connectivity index (χ3v) is 3.84. The number of carbonyl (C=O) groups excluding carboxylic acids is 1. The lowest BCUT2D eigenvalue weighted by molar-refractivity contribution is -0.116. The molecule has 0 unspecified atom stereocenters. The molecule has 2 heterocycles. The van der Waals surface area contributed by atoms with E-state index in [9.17, 15) is 4.79 Å². The molecule has 0 radical (unpaired) electrons. The van der Waals surface area contributed by atoms with Crippen LogP contribution in [0.5, 0.6) is 5.75 Å². The van der Waals surface area contributed by atoms with Crippen LogP contribution in [0.2, 0.25) is 5.15 Å². The van der Waals surface area contributed by atoms with Gasteiger partial charge in [0.2, 0.25) is 5.91 Å². The van der Waals surface area contributed by atoms with Crippen LogP contribution in [0.3, 0.4) is 0 Å². The van der Waals surface area contributed by atoms with E-state index >= 15 is 0 Å². The molecule has 0 bridgehead atoms. The Morgan fingerprint density at radius 1 is 1.29 bits per heavy atom. The number of nitrogens with zero attached hydrogens (tertiary/aromatic N) is 2. The Morgan fingerprint density at radius 3 is 2.92 bits per heavy atom. The van der Waals surface area contributed by atoms with Gasteiger partial charge in [-0.1, -0.05) is 35.9 Å². The second-order valence-electron chi connectivity index (χ2n) is 5.08. The van der Waals surface area contributed by atoms with Crippen LogP contribution >= 0.6 is 11.6 Å². The number of amides is 1. The van der Waals surface area contributed by atoms with Gasteiger partial charge in [-0.25, -0.2) is 4.98 Å². The van der Waals surface area contributed by atoms with Crippen LogP contribution in [-0.2, 0) is 11.3 Å². The van der Waals surface area contributed by atoms with E-state index in [0.29, 0.717) is 17.4 Å². The SMILES string of the molecule is COc1ccccc1CNC(=O)C=Cc1c(Cl)nc2ccccn12. The van der Waals surface area contributed by atoms with Gasteiger partial charge in [0, 0.05) is 24.4 Å². The number of para-hydroxylation sites is 1. The second-order valence-corrected chi connectivity index (χ2v) is 5.44. The lowest BCUT2D eigenvalue weighted by Gasteiger charge is -2.08. The minimum atomic E-state index is -0.220. The molecule has 0 aliphatic heterocycles. The molecule has 122 valence electrons. The summed E-state index contributed by atoms with van der Waals surface area (Å²) in [4.78, 5) is 16.3. The molecule has 0 fully saturated rings. The van der Waals surface area contributed by atoms with Crippen LogP contribution in [-0.4, -0.2) is 22.4 Å². The van der Waals surface area contributed by atoms with E-state index in [4.69, 9.17) is 16.3 Å². The minimum absolute atomic E-state index is 0.220. The molecule has 0 atom stereocenters. The predicted octanol–water partition coefficient (Wildman–Crippen LogP) is 3.33. The highest BCUT2D eigenvalue weighted by Gasteiger charge is 2.07. The molecule has 2 aromatic heterocycles. The summed E-state index contributed by atoms with van der Waals surface area (Å²) >= 11 is 6.13. The Morgan fingerprint density at radius 2 is 2.08 bits per heavy atom. The van der Waals surface area contributed by atoms with Gasteiger partial charge >= 0.3 is 0 Å². The number of hydrogen-bond donors (Lipinski definition) is 1. The maximum atomic E-state index is 12.0. The Bertz CT molecular complexity index is 902. The van der Waals surface area contributed by atoms with Crippen molar-refractivity contribution >= 4 is 29.2 Å². The van der Waals surface area contributed by atoms with Gasteiger partial charge in [-0.15, -0.1) is 0 Å². The van der Waals surface area contributed by atoms with E-state index in [1.54, 1.807) is 13.2 Å². The number of methoxy groups -OCH3 is 1. The van der Waals surface area contributed by atoms with Gasteiger partial charge in [-0.05, 0) is 24.3 Å². The summed E-state index contributed by atoms with van der Waals surface area (Å²) in [6.45, 7) is 0.383. The van der Waals surface area contributed by atoms with Gasteiger partial charge in [0.1, 0.15) is 11.4 Å². The van der Waals surface area contributed by atoms with Gasteiger partial charge in [-0.2, -0.15) is 0 Å². The number of nitrogens with one attached hydrogen (secondary N) is 1. The quantitative estimate of drug-likeness (QED) is 0.724. The number of fused-ring (bicyclic) bond motifs is 1. The van der Waals surface area contributed by atoms with Crippen LogP contribution in [0.25, 0.3) is 11.7 Å². The van der Waals surface area contributed by atoms with Crippen LogP contribution < -0.4 is 10.1 Å². The third-order valence-electron chi connectivity index (χ3n) is 3.56. The zero-order valence-corrected chi connectivity index (χ0v) is 13.8. The number of imidazole rings is 1. The van der Waals surface area contributed by atoms with Crippen LogP contribution in [0.1, 0.15) is 11.3 Å². The molecule has 0 spiro atoms. The van der Waals surface area contributed by atoms with Crippen molar-refractivity contribution in [3.8, 4) is 5.75 Å². The summed E-state index contributed by atoms with van der Waals surface area (Å²) in [6, 6.07) is 13.2. The average Bonchev–Trinajstić information content (AvgIpc) is 2.93. The molecule has 3 rings (SSSR count). The maximum Gasteiger partial charge on any atom is 0.244 e. The highest BCUT2D eigenvalue weighted by molar-refractivity contribution is 6.31. The van der Waals surface area contributed by atoms with E-state index in [0.717, 1.165) is 17.0 Å². The van der Waals surface area contributed by atoms with Crippen molar-refractivity contribution in [2.45, 2.75) is 6.54 Å². The predicted molar refractivity (Wildman–Crippen MR) is 94.1 cm³/mol. The largest absolute Gasteiger partial charge is 0.496 e. The number of ether oxygens (including phenoxy) is 1. The summed E-state index contributed by atoms with van der Waals surface area (Å²) in [5.41, 5.74) is 2.31. The minimum Gasteiger partial charge on any atom is -0.496 e.